The molecule has 0 aliphatic heterocycles. The van der Waals surface area contributed by atoms with Crippen molar-refractivity contribution in [3.05, 3.63) is 34.2 Å². The van der Waals surface area contributed by atoms with Crippen LogP contribution in [0.25, 0.3) is 11.0 Å². The van der Waals surface area contributed by atoms with Gasteiger partial charge in [0.15, 0.2) is 0 Å². The summed E-state index contributed by atoms with van der Waals surface area (Å²) in [5.74, 6) is 0. The van der Waals surface area contributed by atoms with Crippen molar-refractivity contribution in [1.29, 1.82) is 0 Å². The second kappa shape index (κ2) is 3.67. The second-order valence-corrected chi connectivity index (χ2v) is 4.33. The third-order valence-electron chi connectivity index (χ3n) is 1.97. The second-order valence-electron chi connectivity index (χ2n) is 3.05. The van der Waals surface area contributed by atoms with Crippen molar-refractivity contribution in [2.24, 2.45) is 0 Å². The van der Waals surface area contributed by atoms with Crippen LogP contribution in [-0.4, -0.2) is 14.8 Å². The van der Waals surface area contributed by atoms with Crippen molar-refractivity contribution < 1.29 is 0 Å². The number of H-pyrrole nitrogens is 2. The van der Waals surface area contributed by atoms with E-state index in [2.05, 4.69) is 9.97 Å². The molecule has 3 nitrogen and oxygen atoms in total. The molecule has 0 atom stereocenters. The first-order valence-electron chi connectivity index (χ1n) is 4.14. The molecule has 0 bridgehead atoms. The molecule has 2 rings (SSSR count). The Bertz CT molecular complexity index is 501. The highest BCUT2D eigenvalue weighted by Crippen LogP contribution is 2.15. The first kappa shape index (κ1) is 9.62. The van der Waals surface area contributed by atoms with E-state index in [0.717, 1.165) is 16.6 Å². The molecule has 0 radical (unpaired) electrons. The van der Waals surface area contributed by atoms with Gasteiger partial charge in [-0.25, -0.2) is 4.79 Å². The van der Waals surface area contributed by atoms with Crippen molar-refractivity contribution in [3.63, 3.8) is 0 Å². The third-order valence-corrected chi connectivity index (χ3v) is 2.28. The number of benzene rings is 1. The summed E-state index contributed by atoms with van der Waals surface area (Å²) in [5.41, 5.74) is 2.37. The molecular formula is C9H8Cl2N2O. The maximum absolute atomic E-state index is 11.0. The Kier molecular flexibility index (Phi) is 2.52. The number of alkyl halides is 2. The van der Waals surface area contributed by atoms with Gasteiger partial charge in [-0.15, -0.1) is 23.2 Å². The van der Waals surface area contributed by atoms with Gasteiger partial charge < -0.3 is 9.97 Å². The maximum atomic E-state index is 11.0. The fraction of sp³-hybridized carbons (Fsp3) is 0.222. The Morgan fingerprint density at radius 3 is 2.64 bits per heavy atom. The van der Waals surface area contributed by atoms with E-state index in [0.29, 0.717) is 6.42 Å². The van der Waals surface area contributed by atoms with Crippen LogP contribution < -0.4 is 5.69 Å². The lowest BCUT2D eigenvalue weighted by Gasteiger charge is -2.00. The van der Waals surface area contributed by atoms with Gasteiger partial charge in [-0.2, -0.15) is 0 Å². The molecule has 74 valence electrons. The number of imidazole rings is 1. The van der Waals surface area contributed by atoms with Crippen molar-refractivity contribution in [2.75, 3.05) is 0 Å². The number of fused-ring (bicyclic) bond motifs is 1. The van der Waals surface area contributed by atoms with Gasteiger partial charge in [0, 0.05) is 6.42 Å². The Morgan fingerprint density at radius 1 is 1.21 bits per heavy atom. The van der Waals surface area contributed by atoms with Gasteiger partial charge in [0.05, 0.1) is 11.0 Å². The van der Waals surface area contributed by atoms with Gasteiger partial charge >= 0.3 is 5.69 Å². The standard InChI is InChI=1S/C9H8Cl2N2O/c10-8(11)4-5-1-2-6-7(3-5)13-9(14)12-6/h1-3,8H,4H2,(H2,12,13,14). The van der Waals surface area contributed by atoms with Gasteiger partial charge in [0.1, 0.15) is 4.84 Å². The zero-order valence-electron chi connectivity index (χ0n) is 7.18. The predicted molar refractivity (Wildman–Crippen MR) is 58.1 cm³/mol. The normalized spacial score (nSPS) is 11.4. The van der Waals surface area contributed by atoms with Gasteiger partial charge in [-0.1, -0.05) is 6.07 Å². The van der Waals surface area contributed by atoms with Gasteiger partial charge in [-0.3, -0.25) is 0 Å². The summed E-state index contributed by atoms with van der Waals surface area (Å²) in [7, 11) is 0. The Labute approximate surface area is 90.0 Å². The summed E-state index contributed by atoms with van der Waals surface area (Å²) in [4.78, 5) is 15.9. The summed E-state index contributed by atoms with van der Waals surface area (Å²) in [6.07, 6.45) is 0.576. The van der Waals surface area contributed by atoms with Crippen molar-refractivity contribution in [1.82, 2.24) is 9.97 Å². The highest BCUT2D eigenvalue weighted by atomic mass is 35.5. The third kappa shape index (κ3) is 1.94. The average Bonchev–Trinajstić information content (AvgIpc) is 2.42. The number of aromatic amines is 2. The molecule has 1 aromatic heterocycles. The minimum atomic E-state index is -0.418. The molecule has 0 aliphatic rings. The number of hydrogen-bond donors (Lipinski definition) is 2. The average molecular weight is 231 g/mol. The summed E-state index contributed by atoms with van der Waals surface area (Å²) >= 11 is 11.3. The van der Waals surface area contributed by atoms with E-state index in [4.69, 9.17) is 23.2 Å². The van der Waals surface area contributed by atoms with Crippen LogP contribution in [-0.2, 0) is 6.42 Å². The van der Waals surface area contributed by atoms with E-state index in [-0.39, 0.29) is 5.69 Å². The Morgan fingerprint density at radius 2 is 1.93 bits per heavy atom. The molecule has 0 saturated heterocycles. The molecule has 2 N–H and O–H groups in total. The molecule has 5 heteroatoms. The monoisotopic (exact) mass is 230 g/mol. The molecule has 0 fully saturated rings. The number of aromatic nitrogens is 2. The molecule has 1 aromatic carbocycles. The van der Waals surface area contributed by atoms with Crippen molar-refractivity contribution in [2.45, 2.75) is 11.3 Å². The van der Waals surface area contributed by atoms with Crippen LogP contribution in [0.2, 0.25) is 0 Å². The summed E-state index contributed by atoms with van der Waals surface area (Å²) in [6, 6.07) is 5.59. The van der Waals surface area contributed by atoms with Crippen molar-refractivity contribution >= 4 is 34.2 Å². The molecule has 0 spiro atoms. The molecule has 0 aliphatic carbocycles. The molecule has 0 amide bonds. The number of nitrogens with one attached hydrogen (secondary N) is 2. The Hall–Kier alpha value is -0.930. The quantitative estimate of drug-likeness (QED) is 0.764. The fourth-order valence-electron chi connectivity index (χ4n) is 1.38. The molecule has 2 aromatic rings. The first-order chi connectivity index (χ1) is 6.65. The zero-order chi connectivity index (χ0) is 10.1. The molecule has 0 unspecified atom stereocenters. The topological polar surface area (TPSA) is 48.6 Å². The van der Waals surface area contributed by atoms with Crippen LogP contribution in [0.5, 0.6) is 0 Å². The minimum Gasteiger partial charge on any atom is -0.306 e. The Balaban J connectivity index is 2.45. The van der Waals surface area contributed by atoms with Crippen LogP contribution in [0.3, 0.4) is 0 Å². The number of halogens is 2. The van der Waals surface area contributed by atoms with Crippen LogP contribution in [0.4, 0.5) is 0 Å². The minimum absolute atomic E-state index is 0.203. The van der Waals surface area contributed by atoms with Crippen LogP contribution in [0.1, 0.15) is 5.56 Å². The number of hydrogen-bond acceptors (Lipinski definition) is 1. The van der Waals surface area contributed by atoms with E-state index in [1.807, 2.05) is 18.2 Å². The number of rotatable bonds is 2. The van der Waals surface area contributed by atoms with Crippen molar-refractivity contribution in [3.8, 4) is 0 Å². The molecule has 14 heavy (non-hydrogen) atoms. The van der Waals surface area contributed by atoms with Gasteiger partial charge in [0.2, 0.25) is 0 Å². The SMILES string of the molecule is O=c1[nH]c2ccc(CC(Cl)Cl)cc2[nH]1. The fourth-order valence-corrected chi connectivity index (χ4v) is 1.74. The molecular weight excluding hydrogens is 223 g/mol. The molecule has 1 heterocycles. The molecule has 0 saturated carbocycles. The zero-order valence-corrected chi connectivity index (χ0v) is 8.69. The smallest absolute Gasteiger partial charge is 0.306 e. The van der Waals surface area contributed by atoms with Crippen LogP contribution >= 0.6 is 23.2 Å². The van der Waals surface area contributed by atoms with E-state index >= 15 is 0 Å². The van der Waals surface area contributed by atoms with Gasteiger partial charge in [-0.05, 0) is 17.7 Å². The highest BCUT2D eigenvalue weighted by Gasteiger charge is 2.03. The lowest BCUT2D eigenvalue weighted by molar-refractivity contribution is 1.09. The van der Waals surface area contributed by atoms with E-state index in [1.165, 1.54) is 0 Å². The lowest BCUT2D eigenvalue weighted by atomic mass is 10.1. The lowest BCUT2D eigenvalue weighted by Crippen LogP contribution is -1.99. The maximum Gasteiger partial charge on any atom is 0.323 e. The predicted octanol–water partition coefficient (Wildman–Crippen LogP) is 2.20. The largest absolute Gasteiger partial charge is 0.323 e. The van der Waals surface area contributed by atoms with Crippen LogP contribution in [0.15, 0.2) is 23.0 Å². The summed E-state index contributed by atoms with van der Waals surface area (Å²) in [5, 5.41) is 0. The van der Waals surface area contributed by atoms with E-state index in [9.17, 15) is 4.79 Å². The van der Waals surface area contributed by atoms with Gasteiger partial charge in [0.25, 0.3) is 0 Å². The summed E-state index contributed by atoms with van der Waals surface area (Å²) < 4.78 is 0. The highest BCUT2D eigenvalue weighted by molar-refractivity contribution is 6.44. The van der Waals surface area contributed by atoms with E-state index < -0.39 is 4.84 Å². The summed E-state index contributed by atoms with van der Waals surface area (Å²) in [6.45, 7) is 0. The first-order valence-corrected chi connectivity index (χ1v) is 5.01. The van der Waals surface area contributed by atoms with E-state index in [1.54, 1.807) is 0 Å². The van der Waals surface area contributed by atoms with Crippen LogP contribution in [0, 0.1) is 0 Å².